The molecule has 1 aliphatic heterocycles. The summed E-state index contributed by atoms with van der Waals surface area (Å²) in [6.07, 6.45) is 3.98. The molecule has 2 heterocycles. The van der Waals surface area contributed by atoms with Crippen molar-refractivity contribution < 1.29 is 47.6 Å². The lowest BCUT2D eigenvalue weighted by molar-refractivity contribution is -0.672. The van der Waals surface area contributed by atoms with Crippen LogP contribution in [-0.4, -0.2) is 18.4 Å². The van der Waals surface area contributed by atoms with Crippen molar-refractivity contribution in [3.05, 3.63) is 114 Å². The van der Waals surface area contributed by atoms with Crippen LogP contribution in [0.3, 0.4) is 0 Å². The number of hydrogen-bond acceptors (Lipinski definition) is 4. The summed E-state index contributed by atoms with van der Waals surface area (Å²) >= 11 is 0. The molecule has 0 saturated carbocycles. The molecule has 0 fully saturated rings. The van der Waals surface area contributed by atoms with Crippen molar-refractivity contribution in [3.8, 4) is 11.5 Å². The molecule has 0 aliphatic carbocycles. The van der Waals surface area contributed by atoms with Crippen molar-refractivity contribution >= 4 is 23.2 Å². The fourth-order valence-corrected chi connectivity index (χ4v) is 4.02. The zero-order valence-electron chi connectivity index (χ0n) is 20.3. The van der Waals surface area contributed by atoms with E-state index in [1.54, 1.807) is 35.2 Å². The Balaban J connectivity index is 0.00000320. The van der Waals surface area contributed by atoms with Crippen molar-refractivity contribution in [2.24, 2.45) is 7.05 Å². The van der Waals surface area contributed by atoms with Gasteiger partial charge in [0.2, 0.25) is 0 Å². The second-order valence-corrected chi connectivity index (χ2v) is 8.58. The molecule has 3 aromatic carbocycles. The van der Waals surface area contributed by atoms with Gasteiger partial charge in [-0.25, -0.2) is 4.57 Å². The van der Waals surface area contributed by atoms with Gasteiger partial charge in [0, 0.05) is 17.3 Å². The fraction of sp³-hybridized carbons (Fsp3) is 0.138. The summed E-state index contributed by atoms with van der Waals surface area (Å²) in [6, 6.07) is 26.1. The van der Waals surface area contributed by atoms with E-state index in [1.165, 1.54) is 0 Å². The molecule has 1 N–H and O–H groups in total. The lowest BCUT2D eigenvalue weighted by Crippen LogP contribution is -3.00. The molecule has 0 spiro atoms. The number of fused-ring (bicyclic) bond motifs is 1. The van der Waals surface area contributed by atoms with E-state index in [9.17, 15) is 9.59 Å². The van der Waals surface area contributed by atoms with Gasteiger partial charge in [-0.15, -0.1) is 0 Å². The molecule has 8 heteroatoms. The summed E-state index contributed by atoms with van der Waals surface area (Å²) in [5.41, 5.74) is 3.83. The third-order valence-electron chi connectivity index (χ3n) is 5.87. The normalized spacial score (nSPS) is 12.1. The molecular formula is C29H26IN3O4. The van der Waals surface area contributed by atoms with Gasteiger partial charge in [0.25, 0.3) is 11.8 Å². The van der Waals surface area contributed by atoms with Crippen LogP contribution in [0.4, 0.5) is 11.4 Å². The number of anilines is 2. The van der Waals surface area contributed by atoms with E-state index in [4.69, 9.17) is 9.47 Å². The maximum absolute atomic E-state index is 12.9. The number of ether oxygens (including phenoxy) is 2. The number of amides is 2. The van der Waals surface area contributed by atoms with Gasteiger partial charge in [0.15, 0.2) is 19.0 Å². The van der Waals surface area contributed by atoms with Crippen LogP contribution in [0.15, 0.2) is 97.3 Å². The molecular weight excluding hydrogens is 581 g/mol. The minimum absolute atomic E-state index is 0. The van der Waals surface area contributed by atoms with Crippen LogP contribution in [0.25, 0.3) is 0 Å². The minimum Gasteiger partial charge on any atom is -1.00 e. The monoisotopic (exact) mass is 607 g/mol. The average Bonchev–Trinajstić information content (AvgIpc) is 2.90. The Morgan fingerprint density at radius 2 is 1.76 bits per heavy atom. The van der Waals surface area contributed by atoms with Crippen LogP contribution in [0, 0.1) is 0 Å². The van der Waals surface area contributed by atoms with Crippen molar-refractivity contribution in [2.75, 3.05) is 16.8 Å². The number of benzene rings is 3. The Morgan fingerprint density at radius 1 is 1.00 bits per heavy atom. The maximum Gasteiger partial charge on any atom is 0.265 e. The Labute approximate surface area is 232 Å². The molecule has 4 aromatic rings. The van der Waals surface area contributed by atoms with Crippen LogP contribution in [0.5, 0.6) is 11.5 Å². The number of aryl methyl sites for hydroxylation is 1. The highest BCUT2D eigenvalue weighted by atomic mass is 127. The van der Waals surface area contributed by atoms with E-state index in [0.717, 1.165) is 11.1 Å². The lowest BCUT2D eigenvalue weighted by atomic mass is 10.1. The minimum atomic E-state index is -0.265. The first-order chi connectivity index (χ1) is 17.5. The zero-order chi connectivity index (χ0) is 24.9. The number of rotatable bonds is 7. The fourth-order valence-electron chi connectivity index (χ4n) is 4.02. The van der Waals surface area contributed by atoms with Gasteiger partial charge < -0.3 is 43.7 Å². The second kappa shape index (κ2) is 11.9. The van der Waals surface area contributed by atoms with Gasteiger partial charge in [-0.05, 0) is 54.1 Å². The molecule has 0 saturated heterocycles. The third kappa shape index (κ3) is 6.45. The van der Waals surface area contributed by atoms with E-state index >= 15 is 0 Å². The predicted octanol–water partition coefficient (Wildman–Crippen LogP) is 1.27. The first kappa shape index (κ1) is 26.2. The number of carbonyl (C=O) groups is 2. The summed E-state index contributed by atoms with van der Waals surface area (Å²) < 4.78 is 13.5. The van der Waals surface area contributed by atoms with Crippen molar-refractivity contribution in [2.45, 2.75) is 13.2 Å². The van der Waals surface area contributed by atoms with Crippen LogP contribution in [-0.2, 0) is 25.0 Å². The van der Waals surface area contributed by atoms with E-state index < -0.39 is 0 Å². The zero-order valence-corrected chi connectivity index (χ0v) is 22.4. The Hall–Kier alpha value is -3.92. The predicted molar refractivity (Wildman–Crippen MR) is 136 cm³/mol. The van der Waals surface area contributed by atoms with Gasteiger partial charge in [-0.2, -0.15) is 0 Å². The summed E-state index contributed by atoms with van der Waals surface area (Å²) in [4.78, 5) is 27.1. The molecule has 7 nitrogen and oxygen atoms in total. The third-order valence-corrected chi connectivity index (χ3v) is 5.87. The van der Waals surface area contributed by atoms with Gasteiger partial charge in [0.1, 0.15) is 25.2 Å². The number of aromatic nitrogens is 1. The van der Waals surface area contributed by atoms with Crippen LogP contribution in [0.2, 0.25) is 0 Å². The molecule has 0 radical (unpaired) electrons. The van der Waals surface area contributed by atoms with E-state index in [-0.39, 0.29) is 42.4 Å². The quantitative estimate of drug-likeness (QED) is 0.254. The molecule has 0 unspecified atom stereocenters. The Kier molecular flexibility index (Phi) is 8.39. The Bertz CT molecular complexity index is 1390. The first-order valence-electron chi connectivity index (χ1n) is 11.6. The standard InChI is InChI=1S/C29H25N3O4.HI/c1-31-15-5-8-22(17-31)19-35-25-12-10-24(11-13-25)30-29(34)23-9-14-26-27(16-23)36-20-28(33)32(26)18-21-6-3-2-4-7-21;/h2-17H,18-20H2,1H3;1H. The molecule has 188 valence electrons. The molecule has 37 heavy (non-hydrogen) atoms. The highest BCUT2D eigenvalue weighted by Gasteiger charge is 2.26. The molecule has 1 aromatic heterocycles. The van der Waals surface area contributed by atoms with Gasteiger partial charge in [0.05, 0.1) is 17.8 Å². The van der Waals surface area contributed by atoms with Crippen molar-refractivity contribution in [1.29, 1.82) is 0 Å². The van der Waals surface area contributed by atoms with Crippen molar-refractivity contribution in [3.63, 3.8) is 0 Å². The van der Waals surface area contributed by atoms with Gasteiger partial charge >= 0.3 is 0 Å². The summed E-state index contributed by atoms with van der Waals surface area (Å²) in [5.74, 6) is 0.839. The highest BCUT2D eigenvalue weighted by molar-refractivity contribution is 6.06. The number of carbonyl (C=O) groups excluding carboxylic acids is 2. The molecule has 2 amide bonds. The molecule has 5 rings (SSSR count). The average molecular weight is 607 g/mol. The van der Waals surface area contributed by atoms with Crippen molar-refractivity contribution in [1.82, 2.24) is 0 Å². The molecule has 1 aliphatic rings. The smallest absolute Gasteiger partial charge is 0.265 e. The Morgan fingerprint density at radius 3 is 2.51 bits per heavy atom. The van der Waals surface area contributed by atoms with Crippen LogP contribution < -0.4 is 48.2 Å². The van der Waals surface area contributed by atoms with E-state index in [1.807, 2.05) is 78.6 Å². The number of pyridine rings is 1. The topological polar surface area (TPSA) is 71.7 Å². The number of halogens is 1. The van der Waals surface area contributed by atoms with E-state index in [0.29, 0.717) is 41.6 Å². The number of nitrogens with one attached hydrogen (secondary N) is 1. The number of hydrogen-bond donors (Lipinski definition) is 1. The van der Waals surface area contributed by atoms with Crippen LogP contribution in [0.1, 0.15) is 21.5 Å². The second-order valence-electron chi connectivity index (χ2n) is 8.58. The SMILES string of the molecule is C[n+]1cccc(COc2ccc(NC(=O)c3ccc4c(c3)OCC(=O)N4Cc3ccccc3)cc2)c1.[I-]. The lowest BCUT2D eigenvalue weighted by Gasteiger charge is -2.29. The maximum atomic E-state index is 12.9. The largest absolute Gasteiger partial charge is 1.00 e. The number of nitrogens with zero attached hydrogens (tertiary/aromatic N) is 2. The molecule has 0 bridgehead atoms. The first-order valence-corrected chi connectivity index (χ1v) is 11.6. The summed E-state index contributed by atoms with van der Waals surface area (Å²) in [6.45, 7) is 0.839. The highest BCUT2D eigenvalue weighted by Crippen LogP contribution is 2.34. The molecule has 0 atom stereocenters. The van der Waals surface area contributed by atoms with Crippen LogP contribution >= 0.6 is 0 Å². The summed E-state index contributed by atoms with van der Waals surface area (Å²) in [7, 11) is 1.97. The van der Waals surface area contributed by atoms with E-state index in [2.05, 4.69) is 5.32 Å². The van der Waals surface area contributed by atoms with Gasteiger partial charge in [-0.3, -0.25) is 9.59 Å². The van der Waals surface area contributed by atoms with Gasteiger partial charge in [-0.1, -0.05) is 30.3 Å². The summed E-state index contributed by atoms with van der Waals surface area (Å²) in [5, 5.41) is 2.90.